The van der Waals surface area contributed by atoms with Crippen LogP contribution in [0.3, 0.4) is 0 Å². The van der Waals surface area contributed by atoms with E-state index < -0.39 is 29.1 Å². The minimum Gasteiger partial charge on any atom is -0.385 e. The summed E-state index contributed by atoms with van der Waals surface area (Å²) in [6, 6.07) is 9.03. The largest absolute Gasteiger partial charge is 0.416 e. The summed E-state index contributed by atoms with van der Waals surface area (Å²) in [5.41, 5.74) is -2.44. The number of rotatable bonds is 2. The summed E-state index contributed by atoms with van der Waals surface area (Å²) in [6.07, 6.45) is -8.62. The smallest absolute Gasteiger partial charge is 0.385 e. The lowest BCUT2D eigenvalue weighted by atomic mass is 9.84. The van der Waals surface area contributed by atoms with E-state index >= 15 is 0 Å². The second-order valence-corrected chi connectivity index (χ2v) is 7.49. The number of thiocarbonyl (C=S) groups is 1. The third-order valence-corrected chi connectivity index (χ3v) is 5.43. The number of hydrogen-bond acceptors (Lipinski definition) is 2. The van der Waals surface area contributed by atoms with Gasteiger partial charge in [0, 0.05) is 18.8 Å². The Morgan fingerprint density at radius 3 is 2.00 bits per heavy atom. The van der Waals surface area contributed by atoms with Gasteiger partial charge in [-0.05, 0) is 67.0 Å². The maximum Gasteiger partial charge on any atom is 0.416 e. The van der Waals surface area contributed by atoms with Crippen LogP contribution in [0.15, 0.2) is 48.5 Å². The third-order valence-electron chi connectivity index (χ3n) is 5.07. The van der Waals surface area contributed by atoms with Crippen molar-refractivity contribution in [3.8, 4) is 0 Å². The van der Waals surface area contributed by atoms with Crippen molar-refractivity contribution in [3.63, 3.8) is 0 Å². The maximum absolute atomic E-state index is 12.9. The first-order valence-electron chi connectivity index (χ1n) is 9.02. The van der Waals surface area contributed by atoms with E-state index in [4.69, 9.17) is 12.2 Å². The molecule has 0 saturated carbocycles. The van der Waals surface area contributed by atoms with Crippen molar-refractivity contribution in [1.82, 2.24) is 4.90 Å². The topological polar surface area (TPSA) is 35.5 Å². The van der Waals surface area contributed by atoms with Gasteiger partial charge < -0.3 is 15.3 Å². The molecule has 0 unspecified atom stereocenters. The minimum atomic E-state index is -4.50. The van der Waals surface area contributed by atoms with Crippen molar-refractivity contribution in [2.24, 2.45) is 0 Å². The monoisotopic (exact) mass is 448 g/mol. The van der Waals surface area contributed by atoms with Crippen LogP contribution in [0.4, 0.5) is 32.0 Å². The first-order valence-corrected chi connectivity index (χ1v) is 9.43. The molecule has 0 amide bonds. The van der Waals surface area contributed by atoms with E-state index in [2.05, 4.69) is 5.32 Å². The number of alkyl halides is 6. The first kappa shape index (κ1) is 22.4. The molecule has 0 bridgehead atoms. The summed E-state index contributed by atoms with van der Waals surface area (Å²) >= 11 is 5.29. The predicted octanol–water partition coefficient (Wildman–Crippen LogP) is 5.40. The number of benzene rings is 2. The molecule has 1 aliphatic rings. The molecule has 1 saturated heterocycles. The minimum absolute atomic E-state index is 0.156. The molecule has 1 aliphatic heterocycles. The van der Waals surface area contributed by atoms with Crippen LogP contribution in [-0.2, 0) is 18.0 Å². The quantitative estimate of drug-likeness (QED) is 0.476. The molecule has 0 aliphatic carbocycles. The van der Waals surface area contributed by atoms with E-state index in [0.29, 0.717) is 5.69 Å². The molecular weight excluding hydrogens is 430 g/mol. The highest BCUT2D eigenvalue weighted by Gasteiger charge is 2.37. The fourth-order valence-corrected chi connectivity index (χ4v) is 3.60. The van der Waals surface area contributed by atoms with Gasteiger partial charge in [0.1, 0.15) is 0 Å². The lowest BCUT2D eigenvalue weighted by molar-refractivity contribution is -0.138. The zero-order valence-electron chi connectivity index (χ0n) is 15.5. The fraction of sp³-hybridized carbons (Fsp3) is 0.350. The fourth-order valence-electron chi connectivity index (χ4n) is 3.30. The zero-order valence-corrected chi connectivity index (χ0v) is 16.3. The summed E-state index contributed by atoms with van der Waals surface area (Å²) in [4.78, 5) is 1.72. The first-order chi connectivity index (χ1) is 13.9. The maximum atomic E-state index is 12.9. The van der Waals surface area contributed by atoms with Crippen LogP contribution < -0.4 is 5.32 Å². The van der Waals surface area contributed by atoms with Gasteiger partial charge in [-0.2, -0.15) is 26.3 Å². The van der Waals surface area contributed by atoms with Crippen molar-refractivity contribution >= 4 is 23.0 Å². The number of hydrogen-bond donors (Lipinski definition) is 2. The molecule has 1 heterocycles. The van der Waals surface area contributed by atoms with E-state index in [0.717, 1.165) is 24.3 Å². The van der Waals surface area contributed by atoms with Crippen LogP contribution in [0.25, 0.3) is 0 Å². The highest BCUT2D eigenvalue weighted by molar-refractivity contribution is 7.80. The standard InChI is InChI=1S/C20H18F6N2OS/c21-19(22,23)13-4-6-16(7-5-13)27-17(30)28-10-8-18(29,9-11-28)14-2-1-3-15(12-14)20(24,25)26/h1-7,12,29H,8-11H2,(H,27,30). The van der Waals surface area contributed by atoms with Gasteiger partial charge in [-0.3, -0.25) is 0 Å². The molecule has 30 heavy (non-hydrogen) atoms. The summed E-state index contributed by atoms with van der Waals surface area (Å²) in [5.74, 6) is 0. The lowest BCUT2D eigenvalue weighted by Crippen LogP contribution is -2.46. The molecule has 162 valence electrons. The highest BCUT2D eigenvalue weighted by Crippen LogP contribution is 2.37. The Labute approximate surface area is 174 Å². The third kappa shape index (κ3) is 5.04. The molecule has 0 spiro atoms. The van der Waals surface area contributed by atoms with Crippen molar-refractivity contribution in [3.05, 3.63) is 65.2 Å². The zero-order chi connectivity index (χ0) is 22.2. The summed E-state index contributed by atoms with van der Waals surface area (Å²) < 4.78 is 76.7. The molecule has 3 rings (SSSR count). The molecule has 0 aromatic heterocycles. The molecule has 2 aromatic rings. The summed E-state index contributed by atoms with van der Waals surface area (Å²) in [5, 5.41) is 14.0. The van der Waals surface area contributed by atoms with Crippen LogP contribution in [0.1, 0.15) is 29.5 Å². The van der Waals surface area contributed by atoms with E-state index in [1.807, 2.05) is 0 Å². The number of halogens is 6. The SMILES string of the molecule is OC1(c2cccc(C(F)(F)F)c2)CCN(C(=S)Nc2ccc(C(F)(F)F)cc2)CC1. The Hall–Kier alpha value is -2.33. The Morgan fingerprint density at radius 2 is 1.47 bits per heavy atom. The van der Waals surface area contributed by atoms with Crippen LogP contribution in [0.2, 0.25) is 0 Å². The Morgan fingerprint density at radius 1 is 0.900 bits per heavy atom. The number of nitrogens with zero attached hydrogens (tertiary/aromatic N) is 1. The molecular formula is C20H18F6N2OS. The van der Waals surface area contributed by atoms with Gasteiger partial charge in [-0.1, -0.05) is 12.1 Å². The van der Waals surface area contributed by atoms with Crippen molar-refractivity contribution < 1.29 is 31.4 Å². The van der Waals surface area contributed by atoms with Gasteiger partial charge in [-0.15, -0.1) is 0 Å². The van der Waals surface area contributed by atoms with Gasteiger partial charge in [0.25, 0.3) is 0 Å². The van der Waals surface area contributed by atoms with E-state index in [1.165, 1.54) is 24.3 Å². The average molecular weight is 448 g/mol. The second-order valence-electron chi connectivity index (χ2n) is 7.10. The van der Waals surface area contributed by atoms with Crippen molar-refractivity contribution in [2.75, 3.05) is 18.4 Å². The van der Waals surface area contributed by atoms with Crippen molar-refractivity contribution in [2.45, 2.75) is 30.8 Å². The Bertz CT molecular complexity index is 903. The number of nitrogens with one attached hydrogen (secondary N) is 1. The van der Waals surface area contributed by atoms with E-state index in [1.54, 1.807) is 4.90 Å². The molecule has 1 fully saturated rings. The predicted molar refractivity (Wildman–Crippen MR) is 104 cm³/mol. The molecule has 0 atom stereocenters. The van der Waals surface area contributed by atoms with Crippen LogP contribution in [0, 0.1) is 0 Å². The van der Waals surface area contributed by atoms with E-state index in [9.17, 15) is 31.4 Å². The Balaban J connectivity index is 1.63. The molecule has 10 heteroatoms. The number of piperidine rings is 1. The summed E-state index contributed by atoms with van der Waals surface area (Å²) in [7, 11) is 0. The lowest BCUT2D eigenvalue weighted by Gasteiger charge is -2.39. The number of anilines is 1. The van der Waals surface area contributed by atoms with Crippen LogP contribution >= 0.6 is 12.2 Å². The normalized spacial score (nSPS) is 17.0. The number of aliphatic hydroxyl groups is 1. The van der Waals surface area contributed by atoms with Crippen molar-refractivity contribution in [1.29, 1.82) is 0 Å². The molecule has 0 radical (unpaired) electrons. The van der Waals surface area contributed by atoms with Gasteiger partial charge >= 0.3 is 12.4 Å². The van der Waals surface area contributed by atoms with Gasteiger partial charge in [0.2, 0.25) is 0 Å². The van der Waals surface area contributed by atoms with Crippen LogP contribution in [-0.4, -0.2) is 28.2 Å². The number of likely N-dealkylation sites (tertiary alicyclic amines) is 1. The van der Waals surface area contributed by atoms with Gasteiger partial charge in [-0.25, -0.2) is 0 Å². The summed E-state index contributed by atoms with van der Waals surface area (Å²) in [6.45, 7) is 0.554. The van der Waals surface area contributed by atoms with Gasteiger partial charge in [0.15, 0.2) is 5.11 Å². The second kappa shape index (κ2) is 8.07. The highest BCUT2D eigenvalue weighted by atomic mass is 32.1. The van der Waals surface area contributed by atoms with E-state index in [-0.39, 0.29) is 36.6 Å². The van der Waals surface area contributed by atoms with Gasteiger partial charge in [0.05, 0.1) is 16.7 Å². The average Bonchev–Trinajstić information content (AvgIpc) is 2.67. The van der Waals surface area contributed by atoms with Crippen LogP contribution in [0.5, 0.6) is 0 Å². The molecule has 2 N–H and O–H groups in total. The molecule has 2 aromatic carbocycles. The molecule has 3 nitrogen and oxygen atoms in total. The Kier molecular flexibility index (Phi) is 6.01.